The van der Waals surface area contributed by atoms with E-state index in [1.807, 2.05) is 6.92 Å². The molecule has 15 heavy (non-hydrogen) atoms. The lowest BCUT2D eigenvalue weighted by molar-refractivity contribution is -0.123. The molecule has 1 amide bonds. The van der Waals surface area contributed by atoms with Gasteiger partial charge in [0.2, 0.25) is 5.91 Å². The lowest BCUT2D eigenvalue weighted by Gasteiger charge is -2.33. The molecule has 4 nitrogen and oxygen atoms in total. The fraction of sp³-hybridized carbons (Fsp3) is 0.909. The lowest BCUT2D eigenvalue weighted by Crippen LogP contribution is -2.53. The number of rotatable bonds is 4. The summed E-state index contributed by atoms with van der Waals surface area (Å²) in [5.74, 6) is 0.151. The maximum atomic E-state index is 11.7. The van der Waals surface area contributed by atoms with Gasteiger partial charge in [0.1, 0.15) is 0 Å². The Morgan fingerprint density at radius 2 is 2.40 bits per heavy atom. The van der Waals surface area contributed by atoms with Crippen LogP contribution in [0.4, 0.5) is 0 Å². The molecule has 0 saturated carbocycles. The number of piperazine rings is 1. The summed E-state index contributed by atoms with van der Waals surface area (Å²) in [6, 6.07) is 0.747. The van der Waals surface area contributed by atoms with E-state index in [2.05, 4.69) is 29.4 Å². The standard InChI is InChI=1S/C11H23N3O/c1-4-9(2)13-11(15)8-14-6-5-12-7-10(14)3/h9-10,12H,4-8H2,1-3H3,(H,13,15)/t9?,10-/m0/s1. The van der Waals surface area contributed by atoms with Crippen LogP contribution in [-0.2, 0) is 4.79 Å². The monoisotopic (exact) mass is 213 g/mol. The minimum Gasteiger partial charge on any atom is -0.353 e. The molecule has 0 bridgehead atoms. The number of amides is 1. The first-order valence-corrected chi connectivity index (χ1v) is 5.87. The first-order chi connectivity index (χ1) is 7.13. The van der Waals surface area contributed by atoms with Gasteiger partial charge in [-0.05, 0) is 20.3 Å². The largest absolute Gasteiger partial charge is 0.353 e. The summed E-state index contributed by atoms with van der Waals surface area (Å²) < 4.78 is 0. The molecule has 0 aromatic rings. The molecule has 0 spiro atoms. The highest BCUT2D eigenvalue weighted by atomic mass is 16.2. The van der Waals surface area contributed by atoms with Gasteiger partial charge in [-0.1, -0.05) is 6.92 Å². The second-order valence-corrected chi connectivity index (χ2v) is 4.40. The van der Waals surface area contributed by atoms with E-state index in [4.69, 9.17) is 0 Å². The Labute approximate surface area is 92.4 Å². The summed E-state index contributed by atoms with van der Waals surface area (Å²) in [4.78, 5) is 13.9. The summed E-state index contributed by atoms with van der Waals surface area (Å²) in [5, 5.41) is 6.31. The predicted molar refractivity (Wildman–Crippen MR) is 61.8 cm³/mol. The number of nitrogens with zero attached hydrogens (tertiary/aromatic N) is 1. The van der Waals surface area contributed by atoms with Crippen molar-refractivity contribution in [2.24, 2.45) is 0 Å². The molecule has 2 atom stereocenters. The SMILES string of the molecule is CCC(C)NC(=O)CN1CCNC[C@@H]1C. The van der Waals surface area contributed by atoms with Gasteiger partial charge in [-0.15, -0.1) is 0 Å². The topological polar surface area (TPSA) is 44.4 Å². The first-order valence-electron chi connectivity index (χ1n) is 5.87. The van der Waals surface area contributed by atoms with Crippen molar-refractivity contribution in [2.45, 2.75) is 39.3 Å². The molecule has 1 rings (SSSR count). The zero-order chi connectivity index (χ0) is 11.3. The molecule has 0 aromatic carbocycles. The Bertz CT molecular complexity index is 208. The van der Waals surface area contributed by atoms with Crippen LogP contribution in [0.25, 0.3) is 0 Å². The Morgan fingerprint density at radius 3 is 3.00 bits per heavy atom. The summed E-state index contributed by atoms with van der Waals surface area (Å²) in [6.45, 7) is 9.75. The van der Waals surface area contributed by atoms with E-state index in [0.29, 0.717) is 12.6 Å². The van der Waals surface area contributed by atoms with E-state index >= 15 is 0 Å². The molecule has 0 aromatic heterocycles. The average Bonchev–Trinajstić information content (AvgIpc) is 2.21. The molecule has 1 aliphatic heterocycles. The fourth-order valence-electron chi connectivity index (χ4n) is 1.72. The van der Waals surface area contributed by atoms with E-state index in [0.717, 1.165) is 26.1 Å². The third kappa shape index (κ3) is 4.18. The molecule has 1 unspecified atom stereocenters. The van der Waals surface area contributed by atoms with Gasteiger partial charge in [0.15, 0.2) is 0 Å². The van der Waals surface area contributed by atoms with E-state index in [1.54, 1.807) is 0 Å². The van der Waals surface area contributed by atoms with Crippen molar-refractivity contribution in [1.82, 2.24) is 15.5 Å². The summed E-state index contributed by atoms with van der Waals surface area (Å²) in [6.07, 6.45) is 0.989. The molecule has 1 saturated heterocycles. The van der Waals surface area contributed by atoms with Crippen LogP contribution in [0.1, 0.15) is 27.2 Å². The zero-order valence-electron chi connectivity index (χ0n) is 10.0. The van der Waals surface area contributed by atoms with Gasteiger partial charge in [-0.2, -0.15) is 0 Å². The second kappa shape index (κ2) is 6.08. The van der Waals surface area contributed by atoms with Crippen LogP contribution < -0.4 is 10.6 Å². The molecular weight excluding hydrogens is 190 g/mol. The molecule has 1 heterocycles. The van der Waals surface area contributed by atoms with E-state index in [1.165, 1.54) is 0 Å². The van der Waals surface area contributed by atoms with Gasteiger partial charge in [0, 0.05) is 31.7 Å². The first kappa shape index (κ1) is 12.5. The maximum absolute atomic E-state index is 11.7. The average molecular weight is 213 g/mol. The molecule has 0 radical (unpaired) electrons. The van der Waals surface area contributed by atoms with Gasteiger partial charge in [0.05, 0.1) is 6.54 Å². The van der Waals surface area contributed by atoms with Gasteiger partial charge in [-0.25, -0.2) is 0 Å². The lowest BCUT2D eigenvalue weighted by atomic mass is 10.2. The van der Waals surface area contributed by atoms with E-state index < -0.39 is 0 Å². The predicted octanol–water partition coefficient (Wildman–Crippen LogP) is 0.195. The van der Waals surface area contributed by atoms with E-state index in [9.17, 15) is 4.79 Å². The Morgan fingerprint density at radius 1 is 1.67 bits per heavy atom. The van der Waals surface area contributed by atoms with Crippen LogP contribution in [-0.4, -0.2) is 49.1 Å². The van der Waals surface area contributed by atoms with Crippen molar-refractivity contribution in [1.29, 1.82) is 0 Å². The quantitative estimate of drug-likeness (QED) is 0.701. The summed E-state index contributed by atoms with van der Waals surface area (Å²) in [7, 11) is 0. The Kier molecular flexibility index (Phi) is 5.05. The highest BCUT2D eigenvalue weighted by Crippen LogP contribution is 2.01. The molecule has 4 heteroatoms. The highest BCUT2D eigenvalue weighted by molar-refractivity contribution is 5.78. The van der Waals surface area contributed by atoms with Crippen LogP contribution in [0.5, 0.6) is 0 Å². The van der Waals surface area contributed by atoms with Crippen molar-refractivity contribution in [3.63, 3.8) is 0 Å². The van der Waals surface area contributed by atoms with Gasteiger partial charge < -0.3 is 10.6 Å². The van der Waals surface area contributed by atoms with Crippen LogP contribution in [0.3, 0.4) is 0 Å². The summed E-state index contributed by atoms with van der Waals surface area (Å²) in [5.41, 5.74) is 0. The van der Waals surface area contributed by atoms with Gasteiger partial charge in [0.25, 0.3) is 0 Å². The number of hydrogen-bond donors (Lipinski definition) is 2. The fourth-order valence-corrected chi connectivity index (χ4v) is 1.72. The maximum Gasteiger partial charge on any atom is 0.234 e. The second-order valence-electron chi connectivity index (χ2n) is 4.40. The van der Waals surface area contributed by atoms with Gasteiger partial charge in [-0.3, -0.25) is 9.69 Å². The highest BCUT2D eigenvalue weighted by Gasteiger charge is 2.20. The molecule has 1 fully saturated rings. The minimum atomic E-state index is 0.151. The van der Waals surface area contributed by atoms with Crippen molar-refractivity contribution in [3.8, 4) is 0 Å². The third-order valence-electron chi connectivity index (χ3n) is 3.01. The molecule has 1 aliphatic rings. The van der Waals surface area contributed by atoms with Crippen molar-refractivity contribution in [3.05, 3.63) is 0 Å². The van der Waals surface area contributed by atoms with Crippen LogP contribution in [0.15, 0.2) is 0 Å². The number of carbonyl (C=O) groups is 1. The summed E-state index contributed by atoms with van der Waals surface area (Å²) >= 11 is 0. The Balaban J connectivity index is 2.29. The third-order valence-corrected chi connectivity index (χ3v) is 3.01. The molecule has 2 N–H and O–H groups in total. The van der Waals surface area contributed by atoms with Crippen molar-refractivity contribution in [2.75, 3.05) is 26.2 Å². The number of hydrogen-bond acceptors (Lipinski definition) is 3. The van der Waals surface area contributed by atoms with Crippen molar-refractivity contribution < 1.29 is 4.79 Å². The number of nitrogens with one attached hydrogen (secondary N) is 2. The smallest absolute Gasteiger partial charge is 0.234 e. The molecule has 0 aliphatic carbocycles. The zero-order valence-corrected chi connectivity index (χ0v) is 10.0. The van der Waals surface area contributed by atoms with Gasteiger partial charge >= 0.3 is 0 Å². The molecule has 88 valence electrons. The minimum absolute atomic E-state index is 0.151. The number of carbonyl (C=O) groups excluding carboxylic acids is 1. The van der Waals surface area contributed by atoms with Crippen LogP contribution in [0.2, 0.25) is 0 Å². The normalized spacial score (nSPS) is 24.9. The van der Waals surface area contributed by atoms with Crippen molar-refractivity contribution >= 4 is 5.91 Å². The molecular formula is C11H23N3O. The van der Waals surface area contributed by atoms with E-state index in [-0.39, 0.29) is 11.9 Å². The Hall–Kier alpha value is -0.610. The van der Waals surface area contributed by atoms with Crippen LogP contribution >= 0.6 is 0 Å². The van der Waals surface area contributed by atoms with Crippen LogP contribution in [0, 0.1) is 0 Å².